The third kappa shape index (κ3) is 3.88. The molecule has 1 aliphatic heterocycles. The molecular formula is C20H22N6O. The lowest BCUT2D eigenvalue weighted by atomic mass is 10.2. The van der Waals surface area contributed by atoms with Crippen LogP contribution in [0.4, 0.5) is 0 Å². The van der Waals surface area contributed by atoms with Crippen LogP contribution in [0.5, 0.6) is 0 Å². The van der Waals surface area contributed by atoms with Crippen molar-refractivity contribution >= 4 is 5.91 Å². The topological polar surface area (TPSA) is 67.2 Å². The Kier molecular flexibility index (Phi) is 4.93. The Balaban J connectivity index is 1.38. The standard InChI is InChI=1S/C20H22N6O/c1-16-7-9-18(10-8-16)26-19(21-22-23-26)15-24-11-13-25(14-12-24)20(27)17-5-3-2-4-6-17/h2-10H,11-15H2,1H3. The van der Waals surface area contributed by atoms with Crippen molar-refractivity contribution in [3.05, 3.63) is 71.5 Å². The second kappa shape index (κ2) is 7.67. The Hall–Kier alpha value is -3.06. The summed E-state index contributed by atoms with van der Waals surface area (Å²) in [5, 5.41) is 12.2. The van der Waals surface area contributed by atoms with Crippen LogP contribution >= 0.6 is 0 Å². The molecule has 27 heavy (non-hydrogen) atoms. The molecule has 0 unspecified atom stereocenters. The monoisotopic (exact) mass is 362 g/mol. The van der Waals surface area contributed by atoms with Crippen LogP contribution in [0.2, 0.25) is 0 Å². The number of hydrogen-bond acceptors (Lipinski definition) is 5. The number of aryl methyl sites for hydroxylation is 1. The Morgan fingerprint density at radius 2 is 1.67 bits per heavy atom. The SMILES string of the molecule is Cc1ccc(-n2nnnc2CN2CCN(C(=O)c3ccccc3)CC2)cc1. The first-order chi connectivity index (χ1) is 13.2. The fourth-order valence-corrected chi connectivity index (χ4v) is 3.26. The van der Waals surface area contributed by atoms with Gasteiger partial charge < -0.3 is 4.90 Å². The molecule has 0 bridgehead atoms. The molecule has 138 valence electrons. The van der Waals surface area contributed by atoms with Crippen LogP contribution in [0, 0.1) is 6.92 Å². The highest BCUT2D eigenvalue weighted by Crippen LogP contribution is 2.13. The van der Waals surface area contributed by atoms with Crippen molar-refractivity contribution in [2.75, 3.05) is 26.2 Å². The second-order valence-electron chi connectivity index (χ2n) is 6.78. The van der Waals surface area contributed by atoms with Gasteiger partial charge in [0.05, 0.1) is 12.2 Å². The minimum Gasteiger partial charge on any atom is -0.336 e. The minimum atomic E-state index is 0.0970. The minimum absolute atomic E-state index is 0.0970. The fourth-order valence-electron chi connectivity index (χ4n) is 3.26. The largest absolute Gasteiger partial charge is 0.336 e. The lowest BCUT2D eigenvalue weighted by Gasteiger charge is -2.34. The number of aromatic nitrogens is 4. The van der Waals surface area contributed by atoms with E-state index in [1.54, 1.807) is 4.68 Å². The Morgan fingerprint density at radius 3 is 2.37 bits per heavy atom. The summed E-state index contributed by atoms with van der Waals surface area (Å²) in [6.45, 7) is 5.74. The molecule has 1 aromatic heterocycles. The van der Waals surface area contributed by atoms with Crippen molar-refractivity contribution in [2.24, 2.45) is 0 Å². The number of hydrogen-bond donors (Lipinski definition) is 0. The summed E-state index contributed by atoms with van der Waals surface area (Å²) >= 11 is 0. The number of amides is 1. The zero-order valence-corrected chi connectivity index (χ0v) is 15.3. The van der Waals surface area contributed by atoms with Crippen molar-refractivity contribution in [1.82, 2.24) is 30.0 Å². The van der Waals surface area contributed by atoms with Crippen LogP contribution in [0.15, 0.2) is 54.6 Å². The summed E-state index contributed by atoms with van der Waals surface area (Å²) < 4.78 is 1.78. The molecule has 2 aromatic carbocycles. The average molecular weight is 362 g/mol. The van der Waals surface area contributed by atoms with Gasteiger partial charge in [0.2, 0.25) is 0 Å². The van der Waals surface area contributed by atoms with E-state index >= 15 is 0 Å². The number of rotatable bonds is 4. The molecular weight excluding hydrogens is 340 g/mol. The second-order valence-corrected chi connectivity index (χ2v) is 6.78. The van der Waals surface area contributed by atoms with Gasteiger partial charge in [-0.05, 0) is 41.6 Å². The van der Waals surface area contributed by atoms with Crippen LogP contribution in [-0.4, -0.2) is 62.1 Å². The lowest BCUT2D eigenvalue weighted by molar-refractivity contribution is 0.0624. The molecule has 0 aliphatic carbocycles. The number of carbonyl (C=O) groups excluding carboxylic acids is 1. The highest BCUT2D eigenvalue weighted by atomic mass is 16.2. The highest BCUT2D eigenvalue weighted by molar-refractivity contribution is 5.94. The van der Waals surface area contributed by atoms with Gasteiger partial charge in [0.25, 0.3) is 5.91 Å². The van der Waals surface area contributed by atoms with E-state index in [1.807, 2.05) is 47.4 Å². The first-order valence-electron chi connectivity index (χ1n) is 9.12. The molecule has 3 aromatic rings. The van der Waals surface area contributed by atoms with Gasteiger partial charge in [-0.15, -0.1) is 5.10 Å². The van der Waals surface area contributed by atoms with E-state index in [2.05, 4.69) is 39.5 Å². The third-order valence-electron chi connectivity index (χ3n) is 4.86. The molecule has 0 atom stereocenters. The zero-order chi connectivity index (χ0) is 18.6. The van der Waals surface area contributed by atoms with E-state index < -0.39 is 0 Å². The van der Waals surface area contributed by atoms with Gasteiger partial charge in [0.15, 0.2) is 5.82 Å². The normalized spacial score (nSPS) is 15.1. The predicted molar refractivity (Wildman–Crippen MR) is 102 cm³/mol. The van der Waals surface area contributed by atoms with E-state index in [4.69, 9.17) is 0 Å². The Morgan fingerprint density at radius 1 is 0.963 bits per heavy atom. The maximum Gasteiger partial charge on any atom is 0.253 e. The number of piperazine rings is 1. The molecule has 2 heterocycles. The fraction of sp³-hybridized carbons (Fsp3) is 0.300. The number of carbonyl (C=O) groups is 1. The molecule has 0 saturated carbocycles. The first kappa shape index (κ1) is 17.4. The quantitative estimate of drug-likeness (QED) is 0.709. The van der Waals surface area contributed by atoms with E-state index in [1.165, 1.54) is 5.56 Å². The summed E-state index contributed by atoms with van der Waals surface area (Å²) in [5.74, 6) is 0.904. The molecule has 7 nitrogen and oxygen atoms in total. The van der Waals surface area contributed by atoms with Gasteiger partial charge in [0, 0.05) is 31.7 Å². The van der Waals surface area contributed by atoms with Crippen LogP contribution in [0.3, 0.4) is 0 Å². The van der Waals surface area contributed by atoms with E-state index in [0.717, 1.165) is 30.2 Å². The summed E-state index contributed by atoms with van der Waals surface area (Å²) in [5.41, 5.74) is 2.90. The molecule has 1 amide bonds. The number of benzene rings is 2. The summed E-state index contributed by atoms with van der Waals surface area (Å²) in [4.78, 5) is 16.8. The average Bonchev–Trinajstić information content (AvgIpc) is 3.17. The molecule has 1 fully saturated rings. The van der Waals surface area contributed by atoms with Gasteiger partial charge in [0.1, 0.15) is 0 Å². The Labute approximate surface area is 158 Å². The maximum atomic E-state index is 12.6. The number of nitrogens with zero attached hydrogens (tertiary/aromatic N) is 6. The molecule has 0 N–H and O–H groups in total. The van der Waals surface area contributed by atoms with Crippen LogP contribution in [-0.2, 0) is 6.54 Å². The maximum absolute atomic E-state index is 12.6. The lowest BCUT2D eigenvalue weighted by Crippen LogP contribution is -2.48. The van der Waals surface area contributed by atoms with Gasteiger partial charge >= 0.3 is 0 Å². The van der Waals surface area contributed by atoms with Gasteiger partial charge in [-0.25, -0.2) is 0 Å². The van der Waals surface area contributed by atoms with Gasteiger partial charge in [-0.2, -0.15) is 4.68 Å². The van der Waals surface area contributed by atoms with Crippen LogP contribution in [0.1, 0.15) is 21.7 Å². The molecule has 7 heteroatoms. The van der Waals surface area contributed by atoms with E-state index in [9.17, 15) is 4.79 Å². The summed E-state index contributed by atoms with van der Waals surface area (Å²) in [6.07, 6.45) is 0. The molecule has 1 aliphatic rings. The molecule has 4 rings (SSSR count). The number of tetrazole rings is 1. The van der Waals surface area contributed by atoms with Crippen molar-refractivity contribution in [1.29, 1.82) is 0 Å². The van der Waals surface area contributed by atoms with E-state index in [0.29, 0.717) is 19.6 Å². The van der Waals surface area contributed by atoms with Crippen LogP contribution < -0.4 is 0 Å². The smallest absolute Gasteiger partial charge is 0.253 e. The van der Waals surface area contributed by atoms with Gasteiger partial charge in [-0.3, -0.25) is 9.69 Å². The Bertz CT molecular complexity index is 898. The van der Waals surface area contributed by atoms with Gasteiger partial charge in [-0.1, -0.05) is 35.9 Å². The zero-order valence-electron chi connectivity index (χ0n) is 15.3. The van der Waals surface area contributed by atoms with Crippen molar-refractivity contribution < 1.29 is 4.79 Å². The highest BCUT2D eigenvalue weighted by Gasteiger charge is 2.23. The molecule has 1 saturated heterocycles. The first-order valence-corrected chi connectivity index (χ1v) is 9.12. The summed E-state index contributed by atoms with van der Waals surface area (Å²) in [7, 11) is 0. The molecule has 0 radical (unpaired) electrons. The third-order valence-corrected chi connectivity index (χ3v) is 4.86. The van der Waals surface area contributed by atoms with Crippen molar-refractivity contribution in [3.8, 4) is 5.69 Å². The van der Waals surface area contributed by atoms with E-state index in [-0.39, 0.29) is 5.91 Å². The predicted octanol–water partition coefficient (Wildman–Crippen LogP) is 1.93. The van der Waals surface area contributed by atoms with Crippen molar-refractivity contribution in [2.45, 2.75) is 13.5 Å². The molecule has 0 spiro atoms. The van der Waals surface area contributed by atoms with Crippen LogP contribution in [0.25, 0.3) is 5.69 Å². The van der Waals surface area contributed by atoms with Crippen molar-refractivity contribution in [3.63, 3.8) is 0 Å². The summed E-state index contributed by atoms with van der Waals surface area (Å²) in [6, 6.07) is 17.6.